The molecule has 2 rings (SSSR count). The molecule has 0 aliphatic heterocycles. The zero-order valence-corrected chi connectivity index (χ0v) is 9.20. The Hall–Kier alpha value is -1.36. The van der Waals surface area contributed by atoms with E-state index in [2.05, 4.69) is 15.3 Å². The summed E-state index contributed by atoms with van der Waals surface area (Å²) >= 11 is 0. The maximum atomic E-state index is 11.4. The minimum absolute atomic E-state index is 0.0958. The van der Waals surface area contributed by atoms with E-state index in [1.807, 2.05) is 0 Å². The Morgan fingerprint density at radius 1 is 1.50 bits per heavy atom. The number of aromatic amines is 1. The van der Waals surface area contributed by atoms with Crippen LogP contribution in [0.3, 0.4) is 0 Å². The number of nitrogens with zero attached hydrogens (tertiary/aromatic N) is 1. The van der Waals surface area contributed by atoms with Gasteiger partial charge in [-0.2, -0.15) is 0 Å². The lowest BCUT2D eigenvalue weighted by atomic mass is 10.3. The summed E-state index contributed by atoms with van der Waals surface area (Å²) in [6, 6.07) is 1.48. The van der Waals surface area contributed by atoms with Crippen LogP contribution in [-0.2, 0) is 0 Å². The molecule has 0 aromatic carbocycles. The quantitative estimate of drug-likeness (QED) is 0.624. The topological polar surface area (TPSA) is 78.0 Å². The molecule has 0 amide bonds. The van der Waals surface area contributed by atoms with Crippen LogP contribution in [0, 0.1) is 0 Å². The summed E-state index contributed by atoms with van der Waals surface area (Å²) in [7, 11) is 0. The number of H-pyrrole nitrogens is 1. The second-order valence-corrected chi connectivity index (χ2v) is 4.15. The molecule has 0 spiro atoms. The molecule has 1 aliphatic carbocycles. The van der Waals surface area contributed by atoms with Gasteiger partial charge in [-0.3, -0.25) is 4.79 Å². The lowest BCUT2D eigenvalue weighted by molar-refractivity contribution is 0.286. The summed E-state index contributed by atoms with van der Waals surface area (Å²) < 4.78 is 0. The first-order valence-corrected chi connectivity index (χ1v) is 5.75. The van der Waals surface area contributed by atoms with Gasteiger partial charge in [-0.05, 0) is 25.7 Å². The van der Waals surface area contributed by atoms with Gasteiger partial charge in [-0.1, -0.05) is 0 Å². The lowest BCUT2D eigenvalue weighted by Crippen LogP contribution is -2.14. The van der Waals surface area contributed by atoms with Crippen molar-refractivity contribution in [1.82, 2.24) is 9.97 Å². The first-order valence-electron chi connectivity index (χ1n) is 5.75. The molecule has 16 heavy (non-hydrogen) atoms. The lowest BCUT2D eigenvalue weighted by Gasteiger charge is -2.05. The summed E-state index contributed by atoms with van der Waals surface area (Å²) in [4.78, 5) is 18.5. The molecule has 0 radical (unpaired) electrons. The predicted octanol–water partition coefficient (Wildman–Crippen LogP) is 0.832. The molecule has 1 aromatic heterocycles. The van der Waals surface area contributed by atoms with E-state index in [9.17, 15) is 4.79 Å². The van der Waals surface area contributed by atoms with Crippen molar-refractivity contribution in [2.45, 2.75) is 31.6 Å². The Labute approximate surface area is 93.9 Å². The van der Waals surface area contributed by atoms with Gasteiger partial charge in [0.15, 0.2) is 0 Å². The van der Waals surface area contributed by atoms with E-state index < -0.39 is 0 Å². The summed E-state index contributed by atoms with van der Waals surface area (Å²) in [5.41, 5.74) is -0.0958. The van der Waals surface area contributed by atoms with E-state index in [0.717, 1.165) is 38.1 Å². The second kappa shape index (κ2) is 5.12. The first kappa shape index (κ1) is 11.1. The minimum Gasteiger partial charge on any atom is -0.396 e. The molecule has 1 aliphatic rings. The van der Waals surface area contributed by atoms with E-state index in [1.165, 1.54) is 6.07 Å². The number of unbranched alkanes of at least 4 members (excludes halogenated alkanes) is 1. The van der Waals surface area contributed by atoms with Crippen molar-refractivity contribution >= 4 is 5.82 Å². The fourth-order valence-electron chi connectivity index (χ4n) is 1.57. The number of hydrogen-bond donors (Lipinski definition) is 3. The molecule has 1 heterocycles. The molecule has 1 fully saturated rings. The first-order chi connectivity index (χ1) is 7.79. The van der Waals surface area contributed by atoms with Gasteiger partial charge in [-0.25, -0.2) is 4.98 Å². The molecule has 1 saturated carbocycles. The van der Waals surface area contributed by atoms with Gasteiger partial charge in [0, 0.05) is 25.1 Å². The summed E-state index contributed by atoms with van der Waals surface area (Å²) in [6.07, 6.45) is 3.89. The maximum Gasteiger partial charge on any atom is 0.252 e. The van der Waals surface area contributed by atoms with Crippen LogP contribution >= 0.6 is 0 Å². The number of anilines is 1. The van der Waals surface area contributed by atoms with Crippen molar-refractivity contribution in [2.75, 3.05) is 18.5 Å². The van der Waals surface area contributed by atoms with Gasteiger partial charge in [-0.15, -0.1) is 0 Å². The third-order valence-corrected chi connectivity index (χ3v) is 2.62. The number of hydrogen-bond acceptors (Lipinski definition) is 4. The van der Waals surface area contributed by atoms with Gasteiger partial charge in [0.2, 0.25) is 0 Å². The minimum atomic E-state index is -0.0958. The highest BCUT2D eigenvalue weighted by Crippen LogP contribution is 2.37. The Balaban J connectivity index is 1.94. The van der Waals surface area contributed by atoms with Crippen molar-refractivity contribution in [1.29, 1.82) is 0 Å². The molecule has 0 unspecified atom stereocenters. The van der Waals surface area contributed by atoms with Crippen molar-refractivity contribution in [3.05, 3.63) is 22.2 Å². The summed E-state index contributed by atoms with van der Waals surface area (Å²) in [5.74, 6) is 1.90. The highest BCUT2D eigenvalue weighted by Gasteiger charge is 2.26. The van der Waals surface area contributed by atoms with E-state index in [1.54, 1.807) is 0 Å². The predicted molar refractivity (Wildman–Crippen MR) is 61.6 cm³/mol. The number of nitrogens with one attached hydrogen (secondary N) is 2. The molecule has 5 heteroatoms. The third-order valence-electron chi connectivity index (χ3n) is 2.62. The summed E-state index contributed by atoms with van der Waals surface area (Å²) in [5, 5.41) is 11.7. The van der Waals surface area contributed by atoms with E-state index in [-0.39, 0.29) is 12.2 Å². The highest BCUT2D eigenvalue weighted by atomic mass is 16.2. The SMILES string of the molecule is O=c1cc(NCCCCO)nc(C2CC2)[nH]1. The molecule has 88 valence electrons. The van der Waals surface area contributed by atoms with Crippen molar-refractivity contribution < 1.29 is 5.11 Å². The fraction of sp³-hybridized carbons (Fsp3) is 0.636. The van der Waals surface area contributed by atoms with Gasteiger partial charge in [0.25, 0.3) is 5.56 Å². The monoisotopic (exact) mass is 223 g/mol. The number of aliphatic hydroxyl groups excluding tert-OH is 1. The Morgan fingerprint density at radius 3 is 3.00 bits per heavy atom. The van der Waals surface area contributed by atoms with Crippen LogP contribution in [0.1, 0.15) is 37.4 Å². The zero-order chi connectivity index (χ0) is 11.4. The molecule has 0 atom stereocenters. The zero-order valence-electron chi connectivity index (χ0n) is 9.20. The average Bonchev–Trinajstić information content (AvgIpc) is 3.07. The molecule has 3 N–H and O–H groups in total. The van der Waals surface area contributed by atoms with Crippen LogP contribution in [0.15, 0.2) is 10.9 Å². The molecule has 0 bridgehead atoms. The normalized spacial score (nSPS) is 15.1. The van der Waals surface area contributed by atoms with Crippen LogP contribution < -0.4 is 10.9 Å². The second-order valence-electron chi connectivity index (χ2n) is 4.15. The van der Waals surface area contributed by atoms with Gasteiger partial charge in [0.05, 0.1) is 0 Å². The van der Waals surface area contributed by atoms with Crippen molar-refractivity contribution in [2.24, 2.45) is 0 Å². The Morgan fingerprint density at radius 2 is 2.31 bits per heavy atom. The van der Waals surface area contributed by atoms with E-state index in [4.69, 9.17) is 5.11 Å². The van der Waals surface area contributed by atoms with E-state index >= 15 is 0 Å². The third kappa shape index (κ3) is 3.06. The number of aliphatic hydroxyl groups is 1. The smallest absolute Gasteiger partial charge is 0.252 e. The fourth-order valence-corrected chi connectivity index (χ4v) is 1.57. The van der Waals surface area contributed by atoms with E-state index in [0.29, 0.717) is 11.7 Å². The van der Waals surface area contributed by atoms with Crippen LogP contribution in [0.5, 0.6) is 0 Å². The van der Waals surface area contributed by atoms with Gasteiger partial charge >= 0.3 is 0 Å². The molecule has 5 nitrogen and oxygen atoms in total. The number of rotatable bonds is 6. The Bertz CT molecular complexity index is 398. The standard InChI is InChI=1S/C11H17N3O2/c15-6-2-1-5-12-9-7-10(16)14-11(13-9)8-3-4-8/h7-8,15H,1-6H2,(H2,12,13,14,16). The largest absolute Gasteiger partial charge is 0.396 e. The highest BCUT2D eigenvalue weighted by molar-refractivity contribution is 5.33. The van der Waals surface area contributed by atoms with Gasteiger partial charge in [0.1, 0.15) is 11.6 Å². The Kier molecular flexibility index (Phi) is 3.56. The average molecular weight is 223 g/mol. The van der Waals surface area contributed by atoms with Gasteiger partial charge < -0.3 is 15.4 Å². The number of aromatic nitrogens is 2. The molecule has 1 aromatic rings. The van der Waals surface area contributed by atoms with Crippen LogP contribution in [0.2, 0.25) is 0 Å². The van der Waals surface area contributed by atoms with Crippen LogP contribution in [-0.4, -0.2) is 28.2 Å². The van der Waals surface area contributed by atoms with Crippen molar-refractivity contribution in [3.63, 3.8) is 0 Å². The van der Waals surface area contributed by atoms with Crippen LogP contribution in [0.25, 0.3) is 0 Å². The van der Waals surface area contributed by atoms with Crippen molar-refractivity contribution in [3.8, 4) is 0 Å². The molecule has 0 saturated heterocycles. The van der Waals surface area contributed by atoms with Crippen LogP contribution in [0.4, 0.5) is 5.82 Å². The maximum absolute atomic E-state index is 11.4. The summed E-state index contributed by atoms with van der Waals surface area (Å²) in [6.45, 7) is 0.943. The molecular weight excluding hydrogens is 206 g/mol. The molecular formula is C11H17N3O2.